The highest BCUT2D eigenvalue weighted by Gasteiger charge is 2.17. The Morgan fingerprint density at radius 1 is 0.371 bits per heavy atom. The second-order valence-corrected chi connectivity index (χ2v) is 30.4. The van der Waals surface area contributed by atoms with E-state index in [0.717, 1.165) is 148 Å². The maximum absolute atomic E-state index is 11.1. The van der Waals surface area contributed by atoms with E-state index in [1.54, 1.807) is 12.1 Å². The van der Waals surface area contributed by atoms with Gasteiger partial charge < -0.3 is 69.3 Å². The van der Waals surface area contributed by atoms with Crippen LogP contribution in [0.25, 0.3) is 65.4 Å². The highest BCUT2D eigenvalue weighted by molar-refractivity contribution is 5.89. The molecule has 0 radical (unpaired) electrons. The van der Waals surface area contributed by atoms with Crippen molar-refractivity contribution in [3.8, 4) is 23.0 Å². The van der Waals surface area contributed by atoms with Gasteiger partial charge in [0, 0.05) is 201 Å². The third-order valence-corrected chi connectivity index (χ3v) is 20.0. The van der Waals surface area contributed by atoms with Gasteiger partial charge in [-0.15, -0.1) is 19.7 Å². The molecule has 6 aromatic carbocycles. The van der Waals surface area contributed by atoms with Crippen LogP contribution in [0, 0.1) is 0 Å². The average molecular weight is 1580 g/mol. The van der Waals surface area contributed by atoms with Crippen molar-refractivity contribution in [3.63, 3.8) is 0 Å². The van der Waals surface area contributed by atoms with Crippen LogP contribution in [0.15, 0.2) is 196 Å². The zero-order valence-corrected chi connectivity index (χ0v) is 71.5. The van der Waals surface area contributed by atoms with Crippen LogP contribution in [0.5, 0.6) is 23.0 Å². The molecule has 6 heterocycles. The number of H-pyrrole nitrogens is 6. The molecule has 116 heavy (non-hydrogen) atoms. The monoisotopic (exact) mass is 1580 g/mol. The van der Waals surface area contributed by atoms with E-state index < -0.39 is 0 Å². The first kappa shape index (κ1) is 92.6. The molecule has 0 fully saturated rings. The van der Waals surface area contributed by atoms with E-state index >= 15 is 0 Å². The van der Waals surface area contributed by atoms with Gasteiger partial charge in [0.25, 0.3) is 0 Å². The van der Waals surface area contributed by atoms with Crippen molar-refractivity contribution in [2.24, 2.45) is 5.73 Å². The van der Waals surface area contributed by atoms with Crippen LogP contribution in [0.4, 0.5) is 0 Å². The third-order valence-electron chi connectivity index (χ3n) is 20.0. The summed E-state index contributed by atoms with van der Waals surface area (Å²) in [6.07, 6.45) is 28.9. The topological polar surface area (TPSA) is 242 Å². The third kappa shape index (κ3) is 30.2. The number of fused-ring (bicyclic) bond motifs is 6. The van der Waals surface area contributed by atoms with Gasteiger partial charge in [-0.1, -0.05) is 81.8 Å². The Balaban J connectivity index is 0.000000194. The number of unbranched alkanes of at least 4 members (excludes halogenated alkanes) is 1. The van der Waals surface area contributed by atoms with E-state index in [9.17, 15) is 19.2 Å². The van der Waals surface area contributed by atoms with Crippen LogP contribution in [-0.2, 0) is 57.7 Å². The zero-order chi connectivity index (χ0) is 84.1. The SMILES string of the molecule is C=CCN(C)CCc1c[nH]c2ccc(OC(C)=O)cc12.C=CCN(CC=C)CCc1c[nH]c2ccc(OC(C)=O)cc12.CC(=O)Oc1ccc2[nH]cc(CCN(C(C)C)C(C)C)c2c1.CC(N)Cc1c[nH]c2ccccc12.CCCCN(C)CCc1c[nH]c2ccccc12.CCCN(CCC)CCc1c[nH]c2ccc(OC(C)=O)cc12. The Kier molecular flexibility index (Phi) is 38.9. The Hall–Kier alpha value is -10.6. The van der Waals surface area contributed by atoms with Crippen molar-refractivity contribution in [3.05, 3.63) is 230 Å². The molecule has 622 valence electrons. The lowest BCUT2D eigenvalue weighted by Gasteiger charge is -2.30. The van der Waals surface area contributed by atoms with E-state index in [1.807, 2.05) is 110 Å². The first-order valence-corrected chi connectivity index (χ1v) is 41.2. The first-order valence-electron chi connectivity index (χ1n) is 41.2. The smallest absolute Gasteiger partial charge is 0.308 e. The number of aromatic amines is 6. The Morgan fingerprint density at radius 3 is 1.02 bits per heavy atom. The second kappa shape index (κ2) is 48.7. The van der Waals surface area contributed by atoms with Crippen molar-refractivity contribution >= 4 is 89.3 Å². The molecular weight excluding hydrogens is 1450 g/mol. The highest BCUT2D eigenvalue weighted by atomic mass is 16.5. The first-order chi connectivity index (χ1) is 55.8. The maximum Gasteiger partial charge on any atom is 0.308 e. The molecule has 0 aliphatic heterocycles. The quantitative estimate of drug-likeness (QED) is 0.0110. The van der Waals surface area contributed by atoms with E-state index in [2.05, 4.69) is 198 Å². The minimum Gasteiger partial charge on any atom is -0.427 e. The minimum atomic E-state index is -0.306. The normalized spacial score (nSPS) is 11.5. The summed E-state index contributed by atoms with van der Waals surface area (Å²) in [5.74, 6) is 1.20. The van der Waals surface area contributed by atoms with Crippen LogP contribution in [0.1, 0.15) is 142 Å². The Bertz CT molecular complexity index is 4980. The standard InChI is InChI=1S/2C18H26N2O2.C18H22N2O2.C16H20N2O2.C15H22N2.C11H14N2/c1-12(2)20(13(3)4)9-8-15-11-19-18-7-6-16(10-17(15)18)22-14(5)21;2*1-4-9-20(10-5-2)11-8-15-13-19-18-7-6-16(12-17(15)18)22-14(3)21;1-4-8-18(3)9-7-13-11-17-16-6-5-14(10-15(13)16)20-12(2)19;1-3-4-10-17(2)11-9-13-12-16-15-8-6-5-7-14(13)15;1-8(12)6-9-7-13-11-5-3-2-4-10(9)11/h6-7,10-13,19H,8-9H2,1-5H3;6-7,12-13,19H,4-5,8-11H2,1-3H3;4-7,12-13,19H,1-2,8-11H2,3H3;4-6,10-11,17H,1,7-9H2,2-3H3;5-8,12,16H,3-4,9-11H2,1-2H3;2-5,7-8,13H,6,12H2,1H3. The summed E-state index contributed by atoms with van der Waals surface area (Å²) in [5, 5.41) is 7.14. The number of para-hydroxylation sites is 2. The van der Waals surface area contributed by atoms with Gasteiger partial charge in [-0.2, -0.15) is 0 Å². The van der Waals surface area contributed by atoms with Gasteiger partial charge in [-0.25, -0.2) is 0 Å². The number of ether oxygens (including phenoxy) is 4. The van der Waals surface area contributed by atoms with Gasteiger partial charge in [0.2, 0.25) is 0 Å². The fraction of sp³-hybridized carbons (Fsp3) is 0.396. The molecular formula is C96H130N12O8. The van der Waals surface area contributed by atoms with E-state index in [0.29, 0.717) is 35.1 Å². The molecule has 0 amide bonds. The molecule has 12 aromatic rings. The number of carbonyl (C=O) groups is 4. The van der Waals surface area contributed by atoms with Gasteiger partial charge in [0.05, 0.1) is 0 Å². The van der Waals surface area contributed by atoms with Crippen LogP contribution in [0.2, 0.25) is 0 Å². The molecule has 20 heteroatoms. The summed E-state index contributed by atoms with van der Waals surface area (Å²) in [4.78, 5) is 75.8. The van der Waals surface area contributed by atoms with Crippen molar-refractivity contribution in [2.75, 3.05) is 86.1 Å². The number of nitrogens with two attached hydrogens (primary N) is 1. The highest BCUT2D eigenvalue weighted by Crippen LogP contribution is 2.30. The van der Waals surface area contributed by atoms with Crippen molar-refractivity contribution in [1.82, 2.24) is 54.4 Å². The van der Waals surface area contributed by atoms with Gasteiger partial charge in [0.1, 0.15) is 23.0 Å². The molecule has 1 unspecified atom stereocenters. The fourth-order valence-corrected chi connectivity index (χ4v) is 14.3. The maximum atomic E-state index is 11.1. The molecule has 20 nitrogen and oxygen atoms in total. The van der Waals surface area contributed by atoms with Crippen molar-refractivity contribution in [1.29, 1.82) is 0 Å². The molecule has 12 rings (SSSR count). The van der Waals surface area contributed by atoms with Gasteiger partial charge in [-0.3, -0.25) is 29.0 Å². The van der Waals surface area contributed by atoms with Gasteiger partial charge in [0.15, 0.2) is 0 Å². The van der Waals surface area contributed by atoms with Crippen LogP contribution in [-0.4, -0.2) is 182 Å². The predicted octanol–water partition coefficient (Wildman–Crippen LogP) is 19.1. The van der Waals surface area contributed by atoms with Crippen molar-refractivity contribution < 1.29 is 38.1 Å². The van der Waals surface area contributed by atoms with Crippen LogP contribution >= 0.6 is 0 Å². The van der Waals surface area contributed by atoms with E-state index in [1.165, 1.54) is 115 Å². The fourth-order valence-electron chi connectivity index (χ4n) is 14.3. The number of nitrogens with one attached hydrogen (secondary N) is 6. The van der Waals surface area contributed by atoms with Crippen molar-refractivity contribution in [2.45, 2.75) is 165 Å². The largest absolute Gasteiger partial charge is 0.427 e. The van der Waals surface area contributed by atoms with Crippen LogP contribution < -0.4 is 24.7 Å². The van der Waals surface area contributed by atoms with Crippen LogP contribution in [0.3, 0.4) is 0 Å². The summed E-state index contributed by atoms with van der Waals surface area (Å²) in [5.41, 5.74) is 20.2. The lowest BCUT2D eigenvalue weighted by atomic mass is 10.1. The number of nitrogens with zero attached hydrogens (tertiary/aromatic N) is 5. The molecule has 0 saturated carbocycles. The molecule has 0 spiro atoms. The number of aromatic nitrogens is 6. The summed E-state index contributed by atoms with van der Waals surface area (Å²) >= 11 is 0. The van der Waals surface area contributed by atoms with E-state index in [4.69, 9.17) is 24.7 Å². The summed E-state index contributed by atoms with van der Waals surface area (Å²) in [6, 6.07) is 40.9. The summed E-state index contributed by atoms with van der Waals surface area (Å²) in [6.45, 7) is 45.8. The van der Waals surface area contributed by atoms with E-state index in [-0.39, 0.29) is 29.9 Å². The number of esters is 4. The number of carbonyl (C=O) groups excluding carboxylic acids is 4. The summed E-state index contributed by atoms with van der Waals surface area (Å²) in [7, 11) is 4.28. The van der Waals surface area contributed by atoms with Gasteiger partial charge in [-0.05, 0) is 244 Å². The lowest BCUT2D eigenvalue weighted by Crippen LogP contribution is -2.38. The average Bonchev–Trinajstić information content (AvgIpc) is 1.68. The Morgan fingerprint density at radius 2 is 0.681 bits per heavy atom. The predicted molar refractivity (Wildman–Crippen MR) is 482 cm³/mol. The molecule has 0 saturated heterocycles. The molecule has 1 atom stereocenters. The number of benzene rings is 6. The Labute approximate surface area is 688 Å². The minimum absolute atomic E-state index is 0.221. The number of hydrogen-bond acceptors (Lipinski definition) is 14. The second-order valence-electron chi connectivity index (χ2n) is 30.4. The number of rotatable bonds is 36. The number of hydrogen-bond donors (Lipinski definition) is 7. The summed E-state index contributed by atoms with van der Waals surface area (Å²) < 4.78 is 20.7. The molecule has 0 aliphatic rings. The lowest BCUT2D eigenvalue weighted by molar-refractivity contribution is -0.132. The number of likely N-dealkylation sites (N-methyl/N-ethyl adjacent to an activating group) is 2. The molecule has 0 bridgehead atoms. The van der Waals surface area contributed by atoms with Gasteiger partial charge >= 0.3 is 23.9 Å². The molecule has 6 aromatic heterocycles. The zero-order valence-electron chi connectivity index (χ0n) is 71.5. The molecule has 0 aliphatic carbocycles. The molecule has 8 N–H and O–H groups in total.